The van der Waals surface area contributed by atoms with Gasteiger partial charge >= 0.3 is 12.2 Å². The van der Waals surface area contributed by atoms with Gasteiger partial charge in [-0.1, -0.05) is 19.4 Å². The number of benzene rings is 1. The molecule has 3 amide bonds. The third-order valence-corrected chi connectivity index (χ3v) is 5.31. The first-order valence-electron chi connectivity index (χ1n) is 9.49. The third-order valence-electron chi connectivity index (χ3n) is 5.31. The van der Waals surface area contributed by atoms with Crippen LogP contribution in [0.2, 0.25) is 0 Å². The van der Waals surface area contributed by atoms with Crippen molar-refractivity contribution in [3.63, 3.8) is 0 Å². The van der Waals surface area contributed by atoms with E-state index in [0.717, 1.165) is 18.6 Å². The van der Waals surface area contributed by atoms with Crippen LogP contribution in [0.1, 0.15) is 31.7 Å². The normalized spacial score (nSPS) is 19.4. The van der Waals surface area contributed by atoms with Crippen LogP contribution in [0, 0.1) is 23.2 Å². The van der Waals surface area contributed by atoms with Crippen molar-refractivity contribution < 1.29 is 22.8 Å². The molecular formula is C20H25F3N4O2. The topological polar surface area (TPSA) is 76.4 Å². The Labute approximate surface area is 168 Å². The van der Waals surface area contributed by atoms with Gasteiger partial charge in [-0.3, -0.25) is 4.79 Å². The number of rotatable bonds is 5. The summed E-state index contributed by atoms with van der Waals surface area (Å²) in [5, 5.41) is 11.2. The Morgan fingerprint density at radius 3 is 2.69 bits per heavy atom. The molecular weight excluding hydrogens is 385 g/mol. The van der Waals surface area contributed by atoms with E-state index in [1.807, 2.05) is 13.0 Å². The van der Waals surface area contributed by atoms with Crippen LogP contribution < -0.4 is 5.32 Å². The predicted molar refractivity (Wildman–Crippen MR) is 102 cm³/mol. The fraction of sp³-hybridized carbons (Fsp3) is 0.550. The molecule has 2 rings (SSSR count). The van der Waals surface area contributed by atoms with E-state index in [-0.39, 0.29) is 30.0 Å². The molecule has 9 heteroatoms. The molecule has 0 aromatic heterocycles. The number of piperidine rings is 1. The number of nitrogens with one attached hydrogen (secondary N) is 1. The highest BCUT2D eigenvalue weighted by atomic mass is 19.4. The summed E-state index contributed by atoms with van der Waals surface area (Å²) in [6, 6.07) is 6.02. The quantitative estimate of drug-likeness (QED) is 0.747. The van der Waals surface area contributed by atoms with Gasteiger partial charge in [-0.2, -0.15) is 18.4 Å². The van der Waals surface area contributed by atoms with Crippen molar-refractivity contribution in [2.75, 3.05) is 32.0 Å². The molecule has 0 bridgehead atoms. The molecule has 1 aromatic carbocycles. The molecule has 1 aliphatic heterocycles. The average Bonchev–Trinajstić information content (AvgIpc) is 2.67. The fourth-order valence-corrected chi connectivity index (χ4v) is 3.55. The molecule has 0 aliphatic carbocycles. The molecule has 6 nitrogen and oxygen atoms in total. The number of amides is 3. The SMILES string of the molecule is CCC1CN(C(=O)Nc2cccc(C(F)(F)F)c2)CCC1CC(=O)N(C)CC#N. The van der Waals surface area contributed by atoms with Crippen LogP contribution in [0.25, 0.3) is 0 Å². The van der Waals surface area contributed by atoms with Crippen LogP contribution >= 0.6 is 0 Å². The number of hydrogen-bond acceptors (Lipinski definition) is 3. The number of likely N-dealkylation sites (tertiary alicyclic amines) is 1. The second-order valence-corrected chi connectivity index (χ2v) is 7.28. The van der Waals surface area contributed by atoms with Crippen molar-refractivity contribution in [3.8, 4) is 6.07 Å². The van der Waals surface area contributed by atoms with Gasteiger partial charge in [0.15, 0.2) is 0 Å². The van der Waals surface area contributed by atoms with Crippen molar-refractivity contribution >= 4 is 17.6 Å². The molecule has 1 aromatic rings. The molecule has 1 saturated heterocycles. The van der Waals surface area contributed by atoms with Crippen molar-refractivity contribution in [1.29, 1.82) is 5.26 Å². The Kier molecular flexibility index (Phi) is 7.48. The van der Waals surface area contributed by atoms with Crippen molar-refractivity contribution in [1.82, 2.24) is 9.80 Å². The van der Waals surface area contributed by atoms with Crippen LogP contribution in [0.5, 0.6) is 0 Å². The largest absolute Gasteiger partial charge is 0.416 e. The molecule has 0 spiro atoms. The number of halogens is 3. The minimum Gasteiger partial charge on any atom is -0.332 e. The maximum absolute atomic E-state index is 12.8. The molecule has 0 radical (unpaired) electrons. The molecule has 1 fully saturated rings. The Hall–Kier alpha value is -2.76. The molecule has 1 heterocycles. The Morgan fingerprint density at radius 1 is 1.34 bits per heavy atom. The van der Waals surface area contributed by atoms with Gasteiger partial charge in [0.05, 0.1) is 11.6 Å². The number of nitriles is 1. The summed E-state index contributed by atoms with van der Waals surface area (Å²) in [4.78, 5) is 27.7. The number of carbonyl (C=O) groups excluding carboxylic acids is 2. The van der Waals surface area contributed by atoms with E-state index >= 15 is 0 Å². The summed E-state index contributed by atoms with van der Waals surface area (Å²) in [5.41, 5.74) is -0.728. The standard InChI is InChI=1S/C20H25F3N4O2/c1-3-14-13-27(9-7-15(14)11-18(28)26(2)10-8-24)19(29)25-17-6-4-5-16(12-17)20(21,22)23/h4-6,12,14-15H,3,7,9-11,13H2,1-2H3,(H,25,29). The fourth-order valence-electron chi connectivity index (χ4n) is 3.55. The minimum atomic E-state index is -4.47. The van der Waals surface area contributed by atoms with Crippen molar-refractivity contribution in [3.05, 3.63) is 29.8 Å². The number of alkyl halides is 3. The summed E-state index contributed by atoms with van der Waals surface area (Å²) in [5.74, 6) is 0.110. The molecule has 1 N–H and O–H groups in total. The van der Waals surface area contributed by atoms with E-state index in [9.17, 15) is 22.8 Å². The summed E-state index contributed by atoms with van der Waals surface area (Å²) < 4.78 is 38.5. The van der Waals surface area contributed by atoms with E-state index in [0.29, 0.717) is 25.9 Å². The number of hydrogen-bond donors (Lipinski definition) is 1. The summed E-state index contributed by atoms with van der Waals surface area (Å²) in [7, 11) is 1.59. The van der Waals surface area contributed by atoms with Crippen LogP contribution in [-0.2, 0) is 11.0 Å². The lowest BCUT2D eigenvalue weighted by molar-refractivity contribution is -0.137. The van der Waals surface area contributed by atoms with E-state index in [1.165, 1.54) is 17.0 Å². The van der Waals surface area contributed by atoms with Gasteiger partial charge < -0.3 is 15.1 Å². The second-order valence-electron chi connectivity index (χ2n) is 7.28. The van der Waals surface area contributed by atoms with Crippen LogP contribution in [0.4, 0.5) is 23.7 Å². The molecule has 29 heavy (non-hydrogen) atoms. The monoisotopic (exact) mass is 410 g/mol. The molecule has 2 atom stereocenters. The van der Waals surface area contributed by atoms with E-state index in [1.54, 1.807) is 11.9 Å². The van der Waals surface area contributed by atoms with E-state index in [2.05, 4.69) is 5.32 Å². The highest BCUT2D eigenvalue weighted by Gasteiger charge is 2.33. The zero-order valence-corrected chi connectivity index (χ0v) is 16.5. The van der Waals surface area contributed by atoms with Gasteiger partial charge in [0.25, 0.3) is 0 Å². The smallest absolute Gasteiger partial charge is 0.332 e. The number of carbonyl (C=O) groups is 2. The Bertz CT molecular complexity index is 776. The lowest BCUT2D eigenvalue weighted by Gasteiger charge is -2.38. The van der Waals surface area contributed by atoms with Crippen LogP contribution in [0.15, 0.2) is 24.3 Å². The first-order chi connectivity index (χ1) is 13.7. The summed E-state index contributed by atoms with van der Waals surface area (Å²) >= 11 is 0. The van der Waals surface area contributed by atoms with E-state index < -0.39 is 17.8 Å². The first kappa shape index (κ1) is 22.5. The van der Waals surface area contributed by atoms with Crippen LogP contribution in [0.3, 0.4) is 0 Å². The lowest BCUT2D eigenvalue weighted by atomic mass is 9.81. The van der Waals surface area contributed by atoms with Gasteiger partial charge in [-0.25, -0.2) is 4.79 Å². The zero-order chi connectivity index (χ0) is 21.6. The average molecular weight is 410 g/mol. The third kappa shape index (κ3) is 6.11. The van der Waals surface area contributed by atoms with Crippen molar-refractivity contribution in [2.45, 2.75) is 32.4 Å². The number of anilines is 1. The maximum atomic E-state index is 12.8. The Balaban J connectivity index is 1.97. The molecule has 2 unspecified atom stereocenters. The van der Waals surface area contributed by atoms with Crippen molar-refractivity contribution in [2.24, 2.45) is 11.8 Å². The lowest BCUT2D eigenvalue weighted by Crippen LogP contribution is -2.46. The molecule has 0 saturated carbocycles. The minimum absolute atomic E-state index is 0.0356. The zero-order valence-electron chi connectivity index (χ0n) is 16.5. The predicted octanol–water partition coefficient (Wildman–Crippen LogP) is 3.96. The molecule has 158 valence electrons. The van der Waals surface area contributed by atoms with Gasteiger partial charge in [-0.15, -0.1) is 0 Å². The molecule has 1 aliphatic rings. The van der Waals surface area contributed by atoms with Gasteiger partial charge in [0.2, 0.25) is 5.91 Å². The Morgan fingerprint density at radius 2 is 2.07 bits per heavy atom. The summed E-state index contributed by atoms with van der Waals surface area (Å²) in [6.45, 7) is 2.87. The number of urea groups is 1. The van der Waals surface area contributed by atoms with Crippen LogP contribution in [-0.4, -0.2) is 48.4 Å². The van der Waals surface area contributed by atoms with Gasteiger partial charge in [0.1, 0.15) is 6.54 Å². The highest BCUT2D eigenvalue weighted by molar-refractivity contribution is 5.89. The second kappa shape index (κ2) is 9.63. The maximum Gasteiger partial charge on any atom is 0.416 e. The highest BCUT2D eigenvalue weighted by Crippen LogP contribution is 2.32. The van der Waals surface area contributed by atoms with Gasteiger partial charge in [0, 0.05) is 32.2 Å². The number of nitrogens with zero attached hydrogens (tertiary/aromatic N) is 3. The van der Waals surface area contributed by atoms with E-state index in [4.69, 9.17) is 5.26 Å². The van der Waals surface area contributed by atoms with Gasteiger partial charge in [-0.05, 0) is 36.5 Å². The summed E-state index contributed by atoms with van der Waals surface area (Å²) in [6.07, 6.45) is -2.76. The first-order valence-corrected chi connectivity index (χ1v) is 9.49.